The minimum Gasteiger partial charge on any atom is -0.491 e. The van der Waals surface area contributed by atoms with Gasteiger partial charge in [0.15, 0.2) is 0 Å². The number of ether oxygens (including phenoxy) is 1. The van der Waals surface area contributed by atoms with Crippen LogP contribution in [0.5, 0.6) is 5.75 Å². The number of rotatable bonds is 7. The summed E-state index contributed by atoms with van der Waals surface area (Å²) in [4.78, 5) is 2.43. The Bertz CT molecular complexity index is 402. The zero-order valence-electron chi connectivity index (χ0n) is 12.2. The van der Waals surface area contributed by atoms with Crippen molar-refractivity contribution in [2.45, 2.75) is 39.5 Å². The van der Waals surface area contributed by atoms with Crippen LogP contribution in [0.15, 0.2) is 18.2 Å². The SMILES string of the molecule is CCCOc1cc(N(CC)CC2CCC2)ccc1N. The number of nitrogen functional groups attached to an aromatic ring is 1. The van der Waals surface area contributed by atoms with E-state index in [-0.39, 0.29) is 0 Å². The number of anilines is 2. The van der Waals surface area contributed by atoms with Crippen molar-refractivity contribution >= 4 is 11.4 Å². The minimum atomic E-state index is 0.725. The van der Waals surface area contributed by atoms with Crippen molar-refractivity contribution in [3.8, 4) is 5.75 Å². The average molecular weight is 262 g/mol. The molecule has 0 amide bonds. The van der Waals surface area contributed by atoms with E-state index in [4.69, 9.17) is 10.5 Å². The van der Waals surface area contributed by atoms with Crippen LogP contribution in [0.25, 0.3) is 0 Å². The van der Waals surface area contributed by atoms with Crippen LogP contribution >= 0.6 is 0 Å². The van der Waals surface area contributed by atoms with Gasteiger partial charge < -0.3 is 15.4 Å². The Morgan fingerprint density at radius 1 is 1.32 bits per heavy atom. The molecule has 0 aromatic heterocycles. The first kappa shape index (κ1) is 14.0. The number of nitrogens with zero attached hydrogens (tertiary/aromatic N) is 1. The van der Waals surface area contributed by atoms with Gasteiger partial charge in [-0.3, -0.25) is 0 Å². The topological polar surface area (TPSA) is 38.5 Å². The molecule has 1 aromatic carbocycles. The van der Waals surface area contributed by atoms with Crippen LogP contribution in [0, 0.1) is 5.92 Å². The molecule has 2 rings (SSSR count). The summed E-state index contributed by atoms with van der Waals surface area (Å²) in [7, 11) is 0. The molecule has 0 unspecified atom stereocenters. The van der Waals surface area contributed by atoms with Crippen molar-refractivity contribution in [1.29, 1.82) is 0 Å². The first-order valence-electron chi connectivity index (χ1n) is 7.51. The predicted octanol–water partition coefficient (Wildman–Crippen LogP) is 3.68. The Labute approximate surface area is 116 Å². The normalized spacial score (nSPS) is 15.1. The molecule has 1 aliphatic rings. The van der Waals surface area contributed by atoms with Gasteiger partial charge in [-0.05, 0) is 44.2 Å². The third kappa shape index (κ3) is 3.55. The molecule has 1 aromatic rings. The van der Waals surface area contributed by atoms with Crippen molar-refractivity contribution < 1.29 is 4.74 Å². The fraction of sp³-hybridized carbons (Fsp3) is 0.625. The van der Waals surface area contributed by atoms with Gasteiger partial charge in [-0.1, -0.05) is 13.3 Å². The first-order chi connectivity index (χ1) is 9.24. The zero-order chi connectivity index (χ0) is 13.7. The van der Waals surface area contributed by atoms with E-state index in [1.807, 2.05) is 6.07 Å². The van der Waals surface area contributed by atoms with Gasteiger partial charge in [0.2, 0.25) is 0 Å². The average Bonchev–Trinajstić information content (AvgIpc) is 2.37. The molecule has 106 valence electrons. The van der Waals surface area contributed by atoms with Crippen LogP contribution in [-0.4, -0.2) is 19.7 Å². The van der Waals surface area contributed by atoms with Crippen LogP contribution in [0.1, 0.15) is 39.5 Å². The second kappa shape index (κ2) is 6.69. The maximum atomic E-state index is 5.97. The molecule has 0 aliphatic heterocycles. The van der Waals surface area contributed by atoms with Gasteiger partial charge in [0, 0.05) is 24.8 Å². The standard InChI is InChI=1S/C16H26N2O/c1-3-10-19-16-11-14(8-9-15(16)17)18(4-2)12-13-6-5-7-13/h8-9,11,13H,3-7,10,12,17H2,1-2H3. The molecule has 2 N–H and O–H groups in total. The van der Waals surface area contributed by atoms with E-state index in [2.05, 4.69) is 30.9 Å². The summed E-state index contributed by atoms with van der Waals surface area (Å²) in [5, 5.41) is 0. The molecule has 1 saturated carbocycles. The van der Waals surface area contributed by atoms with E-state index in [9.17, 15) is 0 Å². The van der Waals surface area contributed by atoms with Crippen LogP contribution < -0.4 is 15.4 Å². The molecule has 0 atom stereocenters. The van der Waals surface area contributed by atoms with Gasteiger partial charge in [0.05, 0.1) is 12.3 Å². The molecule has 19 heavy (non-hydrogen) atoms. The molecule has 3 heteroatoms. The highest BCUT2D eigenvalue weighted by Crippen LogP contribution is 2.32. The molecule has 0 spiro atoms. The van der Waals surface area contributed by atoms with Gasteiger partial charge in [-0.2, -0.15) is 0 Å². The fourth-order valence-corrected chi connectivity index (χ4v) is 2.46. The summed E-state index contributed by atoms with van der Waals surface area (Å²) in [5.41, 5.74) is 7.93. The molecule has 1 aliphatic carbocycles. The highest BCUT2D eigenvalue weighted by atomic mass is 16.5. The highest BCUT2D eigenvalue weighted by Gasteiger charge is 2.20. The maximum absolute atomic E-state index is 5.97. The highest BCUT2D eigenvalue weighted by molar-refractivity contribution is 5.62. The lowest BCUT2D eigenvalue weighted by Crippen LogP contribution is -2.32. The van der Waals surface area contributed by atoms with Crippen molar-refractivity contribution in [1.82, 2.24) is 0 Å². The second-order valence-corrected chi connectivity index (χ2v) is 5.41. The van der Waals surface area contributed by atoms with Crippen molar-refractivity contribution in [2.24, 2.45) is 5.92 Å². The Morgan fingerprint density at radius 2 is 2.11 bits per heavy atom. The van der Waals surface area contributed by atoms with Crippen molar-refractivity contribution in [3.05, 3.63) is 18.2 Å². The van der Waals surface area contributed by atoms with Gasteiger partial charge in [0.1, 0.15) is 5.75 Å². The minimum absolute atomic E-state index is 0.725. The quantitative estimate of drug-likeness (QED) is 0.762. The van der Waals surface area contributed by atoms with Crippen LogP contribution in [-0.2, 0) is 0 Å². The van der Waals surface area contributed by atoms with E-state index in [1.54, 1.807) is 0 Å². The van der Waals surface area contributed by atoms with E-state index in [0.29, 0.717) is 0 Å². The summed E-state index contributed by atoms with van der Waals surface area (Å²) in [6, 6.07) is 6.16. The molecule has 3 nitrogen and oxygen atoms in total. The molecule has 0 heterocycles. The summed E-state index contributed by atoms with van der Waals surface area (Å²) < 4.78 is 5.71. The molecule has 0 bridgehead atoms. The molecule has 0 saturated heterocycles. The van der Waals surface area contributed by atoms with E-state index < -0.39 is 0 Å². The molecular weight excluding hydrogens is 236 g/mol. The molecule has 1 fully saturated rings. The Morgan fingerprint density at radius 3 is 2.68 bits per heavy atom. The summed E-state index contributed by atoms with van der Waals surface area (Å²) in [6.07, 6.45) is 5.16. The van der Waals surface area contributed by atoms with E-state index in [0.717, 1.165) is 43.5 Å². The smallest absolute Gasteiger partial charge is 0.144 e. The lowest BCUT2D eigenvalue weighted by molar-refractivity contribution is 0.315. The summed E-state index contributed by atoms with van der Waals surface area (Å²) in [5.74, 6) is 1.70. The van der Waals surface area contributed by atoms with Gasteiger partial charge in [0.25, 0.3) is 0 Å². The molecular formula is C16H26N2O. The first-order valence-corrected chi connectivity index (χ1v) is 7.51. The van der Waals surface area contributed by atoms with Gasteiger partial charge in [-0.15, -0.1) is 0 Å². The Hall–Kier alpha value is -1.38. The van der Waals surface area contributed by atoms with Crippen LogP contribution in [0.4, 0.5) is 11.4 Å². The van der Waals surface area contributed by atoms with Gasteiger partial charge >= 0.3 is 0 Å². The van der Waals surface area contributed by atoms with E-state index >= 15 is 0 Å². The second-order valence-electron chi connectivity index (χ2n) is 5.41. The van der Waals surface area contributed by atoms with Crippen molar-refractivity contribution in [3.63, 3.8) is 0 Å². The van der Waals surface area contributed by atoms with Gasteiger partial charge in [-0.25, -0.2) is 0 Å². The zero-order valence-corrected chi connectivity index (χ0v) is 12.2. The predicted molar refractivity (Wildman–Crippen MR) is 81.9 cm³/mol. The summed E-state index contributed by atoms with van der Waals surface area (Å²) >= 11 is 0. The lowest BCUT2D eigenvalue weighted by atomic mass is 9.85. The van der Waals surface area contributed by atoms with Crippen molar-refractivity contribution in [2.75, 3.05) is 30.3 Å². The Kier molecular flexibility index (Phi) is 4.94. The van der Waals surface area contributed by atoms with E-state index in [1.165, 1.54) is 24.9 Å². The monoisotopic (exact) mass is 262 g/mol. The number of hydrogen-bond donors (Lipinski definition) is 1. The molecule has 0 radical (unpaired) electrons. The largest absolute Gasteiger partial charge is 0.491 e. The Balaban J connectivity index is 2.07. The summed E-state index contributed by atoms with van der Waals surface area (Å²) in [6.45, 7) is 7.24. The third-order valence-electron chi connectivity index (χ3n) is 3.91. The van der Waals surface area contributed by atoms with Crippen LogP contribution in [0.3, 0.4) is 0 Å². The third-order valence-corrected chi connectivity index (χ3v) is 3.91. The van der Waals surface area contributed by atoms with Crippen LogP contribution in [0.2, 0.25) is 0 Å². The lowest BCUT2D eigenvalue weighted by Gasteiger charge is -2.33. The number of nitrogens with two attached hydrogens (primary N) is 1. The fourth-order valence-electron chi connectivity index (χ4n) is 2.46. The number of hydrogen-bond acceptors (Lipinski definition) is 3. The number of benzene rings is 1. The maximum Gasteiger partial charge on any atom is 0.144 e.